The Bertz CT molecular complexity index is 715. The van der Waals surface area contributed by atoms with E-state index in [1.54, 1.807) is 20.5 Å². The highest BCUT2D eigenvalue weighted by atomic mass is 16.5. The SMILES string of the molecule is COc1c(C)cnc(CN2C[C@H](OC)C[C@H]2c2nncn2C)c1C. The fraction of sp³-hybridized carbons (Fsp3) is 0.588. The van der Waals surface area contributed by atoms with Crippen molar-refractivity contribution in [1.29, 1.82) is 0 Å². The van der Waals surface area contributed by atoms with Crippen molar-refractivity contribution in [1.82, 2.24) is 24.6 Å². The molecule has 3 rings (SSSR count). The van der Waals surface area contributed by atoms with Gasteiger partial charge in [-0.1, -0.05) is 0 Å². The zero-order chi connectivity index (χ0) is 17.3. The van der Waals surface area contributed by atoms with Crippen LogP contribution in [0.25, 0.3) is 0 Å². The van der Waals surface area contributed by atoms with Crippen molar-refractivity contribution in [3.63, 3.8) is 0 Å². The van der Waals surface area contributed by atoms with Crippen LogP contribution in [0.2, 0.25) is 0 Å². The molecule has 0 spiro atoms. The number of nitrogens with zero attached hydrogens (tertiary/aromatic N) is 5. The molecule has 2 aromatic heterocycles. The summed E-state index contributed by atoms with van der Waals surface area (Å²) < 4.78 is 13.1. The fourth-order valence-corrected chi connectivity index (χ4v) is 3.49. The van der Waals surface area contributed by atoms with Gasteiger partial charge >= 0.3 is 0 Å². The first kappa shape index (κ1) is 16.9. The number of hydrogen-bond acceptors (Lipinski definition) is 6. The Balaban J connectivity index is 1.89. The Morgan fingerprint density at radius 3 is 2.71 bits per heavy atom. The van der Waals surface area contributed by atoms with E-state index in [0.717, 1.165) is 47.9 Å². The predicted molar refractivity (Wildman–Crippen MR) is 89.8 cm³/mol. The molecule has 24 heavy (non-hydrogen) atoms. The van der Waals surface area contributed by atoms with E-state index in [1.165, 1.54) is 0 Å². The Kier molecular flexibility index (Phi) is 4.82. The molecule has 1 aliphatic heterocycles. The molecule has 7 heteroatoms. The Morgan fingerprint density at radius 1 is 1.29 bits per heavy atom. The zero-order valence-electron chi connectivity index (χ0n) is 15.0. The van der Waals surface area contributed by atoms with Crippen molar-refractivity contribution >= 4 is 0 Å². The molecule has 0 aromatic carbocycles. The lowest BCUT2D eigenvalue weighted by Gasteiger charge is -2.24. The summed E-state index contributed by atoms with van der Waals surface area (Å²) in [4.78, 5) is 7.00. The highest BCUT2D eigenvalue weighted by Crippen LogP contribution is 2.34. The second kappa shape index (κ2) is 6.86. The molecule has 0 bridgehead atoms. The van der Waals surface area contributed by atoms with Gasteiger partial charge in [0.15, 0.2) is 0 Å². The number of likely N-dealkylation sites (tertiary alicyclic amines) is 1. The Labute approximate surface area is 142 Å². The van der Waals surface area contributed by atoms with E-state index in [2.05, 4.69) is 27.0 Å². The number of pyridine rings is 1. The Hall–Kier alpha value is -1.99. The summed E-state index contributed by atoms with van der Waals surface area (Å²) in [5, 5.41) is 8.32. The molecule has 3 heterocycles. The molecule has 1 aliphatic rings. The van der Waals surface area contributed by atoms with E-state index in [0.29, 0.717) is 0 Å². The van der Waals surface area contributed by atoms with Crippen LogP contribution in [0.3, 0.4) is 0 Å². The van der Waals surface area contributed by atoms with Crippen LogP contribution in [0, 0.1) is 13.8 Å². The minimum atomic E-state index is 0.177. The summed E-state index contributed by atoms with van der Waals surface area (Å²) in [5.41, 5.74) is 3.18. The number of rotatable bonds is 5. The van der Waals surface area contributed by atoms with Crippen molar-refractivity contribution in [3.8, 4) is 5.75 Å². The van der Waals surface area contributed by atoms with Gasteiger partial charge in [0.1, 0.15) is 17.9 Å². The van der Waals surface area contributed by atoms with Gasteiger partial charge in [-0.25, -0.2) is 0 Å². The largest absolute Gasteiger partial charge is 0.496 e. The predicted octanol–water partition coefficient (Wildman–Crippen LogP) is 1.80. The second-order valence-corrected chi connectivity index (χ2v) is 6.38. The lowest BCUT2D eigenvalue weighted by Crippen LogP contribution is -2.27. The van der Waals surface area contributed by atoms with Crippen LogP contribution in [0.15, 0.2) is 12.5 Å². The fourth-order valence-electron chi connectivity index (χ4n) is 3.49. The van der Waals surface area contributed by atoms with Crippen LogP contribution in [0.5, 0.6) is 5.75 Å². The molecule has 0 radical (unpaired) electrons. The topological polar surface area (TPSA) is 65.3 Å². The van der Waals surface area contributed by atoms with Crippen LogP contribution in [0.1, 0.15) is 35.1 Å². The van der Waals surface area contributed by atoms with Crippen molar-refractivity contribution in [3.05, 3.63) is 35.2 Å². The second-order valence-electron chi connectivity index (χ2n) is 6.38. The van der Waals surface area contributed by atoms with Gasteiger partial charge in [-0.3, -0.25) is 9.88 Å². The molecule has 2 aromatic rings. The molecule has 7 nitrogen and oxygen atoms in total. The van der Waals surface area contributed by atoms with Crippen LogP contribution in [-0.2, 0) is 18.3 Å². The van der Waals surface area contributed by atoms with E-state index in [4.69, 9.17) is 9.47 Å². The summed E-state index contributed by atoms with van der Waals surface area (Å²) in [7, 11) is 5.45. The van der Waals surface area contributed by atoms with Gasteiger partial charge in [0.25, 0.3) is 0 Å². The smallest absolute Gasteiger partial charge is 0.150 e. The van der Waals surface area contributed by atoms with Gasteiger partial charge in [-0.05, 0) is 20.3 Å². The first-order valence-corrected chi connectivity index (χ1v) is 8.15. The highest BCUT2D eigenvalue weighted by Gasteiger charge is 2.36. The van der Waals surface area contributed by atoms with E-state index in [-0.39, 0.29) is 12.1 Å². The van der Waals surface area contributed by atoms with Gasteiger partial charge in [0.2, 0.25) is 0 Å². The molecule has 2 atom stereocenters. The van der Waals surface area contributed by atoms with Gasteiger partial charge in [0.05, 0.1) is 24.9 Å². The quantitative estimate of drug-likeness (QED) is 0.832. The normalized spacial score (nSPS) is 21.4. The molecule has 0 N–H and O–H groups in total. The van der Waals surface area contributed by atoms with Gasteiger partial charge in [-0.15, -0.1) is 10.2 Å². The average Bonchev–Trinajstić information content (AvgIpc) is 3.16. The minimum Gasteiger partial charge on any atom is -0.496 e. The molecule has 1 fully saturated rings. The molecular formula is C17H25N5O2. The van der Waals surface area contributed by atoms with Crippen LogP contribution < -0.4 is 4.74 Å². The van der Waals surface area contributed by atoms with E-state index >= 15 is 0 Å². The summed E-state index contributed by atoms with van der Waals surface area (Å²) in [6.07, 6.45) is 4.72. The molecule has 0 amide bonds. The van der Waals surface area contributed by atoms with E-state index < -0.39 is 0 Å². The number of methoxy groups -OCH3 is 2. The highest BCUT2D eigenvalue weighted by molar-refractivity contribution is 5.41. The molecule has 1 saturated heterocycles. The van der Waals surface area contributed by atoms with Crippen molar-refractivity contribution in [2.45, 2.75) is 39.0 Å². The molecular weight excluding hydrogens is 306 g/mol. The van der Waals surface area contributed by atoms with Crippen LogP contribution in [0.4, 0.5) is 0 Å². The summed E-state index contributed by atoms with van der Waals surface area (Å²) in [6, 6.07) is 0.177. The number of ether oxygens (including phenoxy) is 2. The first-order valence-electron chi connectivity index (χ1n) is 8.15. The molecule has 0 unspecified atom stereocenters. The van der Waals surface area contributed by atoms with E-state index in [1.807, 2.05) is 24.7 Å². The first-order chi connectivity index (χ1) is 11.5. The lowest BCUT2D eigenvalue weighted by molar-refractivity contribution is 0.107. The number of hydrogen-bond donors (Lipinski definition) is 0. The monoisotopic (exact) mass is 331 g/mol. The maximum absolute atomic E-state index is 5.60. The maximum Gasteiger partial charge on any atom is 0.150 e. The van der Waals surface area contributed by atoms with E-state index in [9.17, 15) is 0 Å². The lowest BCUT2D eigenvalue weighted by atomic mass is 10.1. The summed E-state index contributed by atoms with van der Waals surface area (Å²) in [5.74, 6) is 1.88. The summed E-state index contributed by atoms with van der Waals surface area (Å²) in [6.45, 7) is 5.67. The van der Waals surface area contributed by atoms with Gasteiger partial charge < -0.3 is 14.0 Å². The van der Waals surface area contributed by atoms with Gasteiger partial charge in [-0.2, -0.15) is 0 Å². The van der Waals surface area contributed by atoms with Crippen molar-refractivity contribution < 1.29 is 9.47 Å². The maximum atomic E-state index is 5.60. The number of aromatic nitrogens is 4. The molecule has 0 aliphatic carbocycles. The van der Waals surface area contributed by atoms with Gasteiger partial charge in [0, 0.05) is 44.6 Å². The third-order valence-corrected chi connectivity index (χ3v) is 4.85. The van der Waals surface area contributed by atoms with Crippen LogP contribution >= 0.6 is 0 Å². The van der Waals surface area contributed by atoms with Crippen molar-refractivity contribution in [2.75, 3.05) is 20.8 Å². The third-order valence-electron chi connectivity index (χ3n) is 4.85. The molecule has 0 saturated carbocycles. The average molecular weight is 331 g/mol. The standard InChI is InChI=1S/C17H25N5O2/c1-11-7-18-14(12(2)16(11)24-5)9-22-8-13(23-4)6-15(22)17-20-19-10-21(17)3/h7,10,13,15H,6,8-9H2,1-5H3/t13-,15+/m1/s1. The molecule has 130 valence electrons. The number of aryl methyl sites for hydroxylation is 2. The summed E-state index contributed by atoms with van der Waals surface area (Å²) >= 11 is 0. The van der Waals surface area contributed by atoms with Crippen LogP contribution in [-0.4, -0.2) is 51.5 Å². The Morgan fingerprint density at radius 2 is 2.08 bits per heavy atom. The third kappa shape index (κ3) is 3.01. The zero-order valence-corrected chi connectivity index (χ0v) is 15.0. The van der Waals surface area contributed by atoms with Crippen molar-refractivity contribution in [2.24, 2.45) is 7.05 Å². The minimum absolute atomic E-state index is 0.177.